The van der Waals surface area contributed by atoms with Crippen LogP contribution in [0.2, 0.25) is 0 Å². The number of sulfonamides is 1. The van der Waals surface area contributed by atoms with Gasteiger partial charge < -0.3 is 9.64 Å². The molecular weight excluding hydrogens is 358 g/mol. The lowest BCUT2D eigenvalue weighted by molar-refractivity contribution is 0.0718. The van der Waals surface area contributed by atoms with Gasteiger partial charge in [-0.3, -0.25) is 9.48 Å². The molecule has 0 spiro atoms. The van der Waals surface area contributed by atoms with Crippen LogP contribution in [-0.2, 0) is 23.1 Å². The van der Waals surface area contributed by atoms with Crippen LogP contribution in [0.4, 0.5) is 0 Å². The van der Waals surface area contributed by atoms with Crippen LogP contribution < -0.4 is 9.46 Å². The topological polar surface area (TPSA) is 106 Å². The zero-order valence-electron chi connectivity index (χ0n) is 14.6. The van der Waals surface area contributed by atoms with Crippen LogP contribution in [0.5, 0.6) is 5.88 Å². The van der Waals surface area contributed by atoms with Gasteiger partial charge in [-0.1, -0.05) is 0 Å². The molecule has 0 aliphatic carbocycles. The van der Waals surface area contributed by atoms with Crippen LogP contribution in [0.25, 0.3) is 0 Å². The van der Waals surface area contributed by atoms with Crippen LogP contribution >= 0.6 is 0 Å². The van der Waals surface area contributed by atoms with Gasteiger partial charge >= 0.3 is 0 Å². The van der Waals surface area contributed by atoms with Crippen molar-refractivity contribution in [3.05, 3.63) is 41.9 Å². The molecular formula is C16H21N5O4S. The molecule has 9 nitrogen and oxygen atoms in total. The van der Waals surface area contributed by atoms with Gasteiger partial charge in [0.25, 0.3) is 5.91 Å². The number of rotatable bonds is 5. The molecule has 1 unspecified atom stereocenters. The van der Waals surface area contributed by atoms with Crippen molar-refractivity contribution in [3.63, 3.8) is 0 Å². The monoisotopic (exact) mass is 379 g/mol. The van der Waals surface area contributed by atoms with Gasteiger partial charge in [0.2, 0.25) is 15.9 Å². The van der Waals surface area contributed by atoms with Gasteiger partial charge in [0, 0.05) is 37.9 Å². The van der Waals surface area contributed by atoms with Gasteiger partial charge in [-0.25, -0.2) is 18.1 Å². The van der Waals surface area contributed by atoms with Crippen molar-refractivity contribution in [2.24, 2.45) is 5.92 Å². The number of carbonyl (C=O) groups excluding carboxylic acids is 1. The normalized spacial score (nSPS) is 17.5. The van der Waals surface area contributed by atoms with E-state index in [-0.39, 0.29) is 24.2 Å². The molecule has 0 saturated carbocycles. The maximum absolute atomic E-state index is 13.0. The summed E-state index contributed by atoms with van der Waals surface area (Å²) in [6.07, 6.45) is 4.35. The fraction of sp³-hybridized carbons (Fsp3) is 0.438. The third-order valence-corrected chi connectivity index (χ3v) is 4.87. The van der Waals surface area contributed by atoms with Crippen molar-refractivity contribution in [3.8, 4) is 5.88 Å². The van der Waals surface area contributed by atoms with E-state index in [0.29, 0.717) is 25.2 Å². The number of hydrogen-bond donors (Lipinski definition) is 1. The molecule has 1 aliphatic heterocycles. The Bertz CT molecular complexity index is 896. The van der Waals surface area contributed by atoms with Gasteiger partial charge in [-0.15, -0.1) is 0 Å². The molecule has 0 fully saturated rings. The minimum Gasteiger partial charge on any atom is -0.480 e. The molecule has 10 heteroatoms. The van der Waals surface area contributed by atoms with Crippen LogP contribution in [0.15, 0.2) is 30.6 Å². The molecule has 3 rings (SSSR count). The summed E-state index contributed by atoms with van der Waals surface area (Å²) in [5.74, 6) is -0.0625. The van der Waals surface area contributed by atoms with Crippen LogP contribution in [0, 0.1) is 5.92 Å². The lowest BCUT2D eigenvalue weighted by Crippen LogP contribution is -2.39. The Morgan fingerprint density at radius 3 is 2.88 bits per heavy atom. The zero-order valence-corrected chi connectivity index (χ0v) is 15.4. The Kier molecular flexibility index (Phi) is 5.23. The Morgan fingerprint density at radius 1 is 1.35 bits per heavy atom. The molecule has 26 heavy (non-hydrogen) atoms. The summed E-state index contributed by atoms with van der Waals surface area (Å²) < 4.78 is 32.4. The van der Waals surface area contributed by atoms with E-state index in [0.717, 1.165) is 11.9 Å². The van der Waals surface area contributed by atoms with E-state index in [2.05, 4.69) is 14.8 Å². The Balaban J connectivity index is 1.86. The quantitative estimate of drug-likeness (QED) is 0.790. The number of fused-ring (bicyclic) bond motifs is 1. The van der Waals surface area contributed by atoms with Crippen molar-refractivity contribution in [1.82, 2.24) is 24.4 Å². The summed E-state index contributed by atoms with van der Waals surface area (Å²) in [5.41, 5.74) is 1.26. The summed E-state index contributed by atoms with van der Waals surface area (Å²) in [6.45, 7) is 1.53. The number of aromatic nitrogens is 3. The van der Waals surface area contributed by atoms with E-state index < -0.39 is 10.0 Å². The summed E-state index contributed by atoms with van der Waals surface area (Å²) in [4.78, 5) is 18.8. The number of carbonyl (C=O) groups is 1. The number of methoxy groups -OCH3 is 1. The van der Waals surface area contributed by atoms with Gasteiger partial charge in [-0.2, -0.15) is 5.10 Å². The summed E-state index contributed by atoms with van der Waals surface area (Å²) in [7, 11) is -1.85. The van der Waals surface area contributed by atoms with Crippen molar-refractivity contribution in [2.75, 3.05) is 26.5 Å². The highest BCUT2D eigenvalue weighted by Crippen LogP contribution is 2.21. The molecule has 1 atom stereocenters. The number of amides is 1. The highest BCUT2D eigenvalue weighted by atomic mass is 32.2. The standard InChI is InChI=1S/C16H21N5O4S/c1-25-15-14(4-3-6-17-15)16(22)20-9-12(8-19-26(2,23)24)10-21-13(11-20)5-7-18-21/h3-7,12,19H,8-11H2,1-2H3. The van der Waals surface area contributed by atoms with E-state index in [1.807, 2.05) is 10.7 Å². The second kappa shape index (κ2) is 7.42. The maximum Gasteiger partial charge on any atom is 0.259 e. The maximum atomic E-state index is 13.0. The summed E-state index contributed by atoms with van der Waals surface area (Å²) in [5, 5.41) is 4.28. The minimum atomic E-state index is -3.31. The molecule has 2 aromatic rings. The molecule has 1 N–H and O–H groups in total. The van der Waals surface area contributed by atoms with E-state index in [9.17, 15) is 13.2 Å². The number of ether oxygens (including phenoxy) is 1. The van der Waals surface area contributed by atoms with Crippen molar-refractivity contribution in [1.29, 1.82) is 0 Å². The predicted octanol–water partition coefficient (Wildman–Crippen LogP) is 0.108. The fourth-order valence-corrected chi connectivity index (χ4v) is 3.51. The molecule has 0 saturated heterocycles. The second-order valence-corrected chi connectivity index (χ2v) is 8.07. The summed E-state index contributed by atoms with van der Waals surface area (Å²) >= 11 is 0. The van der Waals surface area contributed by atoms with E-state index in [1.54, 1.807) is 29.4 Å². The van der Waals surface area contributed by atoms with Gasteiger partial charge in [-0.05, 0) is 18.2 Å². The molecule has 1 amide bonds. The molecule has 3 heterocycles. The van der Waals surface area contributed by atoms with Gasteiger partial charge in [0.15, 0.2) is 0 Å². The van der Waals surface area contributed by atoms with Gasteiger partial charge in [0.1, 0.15) is 5.56 Å². The first-order chi connectivity index (χ1) is 12.4. The minimum absolute atomic E-state index is 0.113. The summed E-state index contributed by atoms with van der Waals surface area (Å²) in [6, 6.07) is 5.20. The van der Waals surface area contributed by atoms with Crippen LogP contribution in [-0.4, -0.2) is 60.4 Å². The van der Waals surface area contributed by atoms with Gasteiger partial charge in [0.05, 0.1) is 25.6 Å². The SMILES string of the molecule is COc1ncccc1C(=O)N1Cc2ccnn2CC(CNS(C)(=O)=O)C1. The lowest BCUT2D eigenvalue weighted by atomic mass is 10.1. The average Bonchev–Trinajstić information content (AvgIpc) is 2.96. The third kappa shape index (κ3) is 4.20. The number of pyridine rings is 1. The molecule has 0 radical (unpaired) electrons. The Labute approximate surface area is 152 Å². The highest BCUT2D eigenvalue weighted by molar-refractivity contribution is 7.88. The van der Waals surface area contributed by atoms with Crippen LogP contribution in [0.3, 0.4) is 0 Å². The van der Waals surface area contributed by atoms with Crippen molar-refractivity contribution >= 4 is 15.9 Å². The number of nitrogens with zero attached hydrogens (tertiary/aromatic N) is 4. The number of hydrogen-bond acceptors (Lipinski definition) is 6. The highest BCUT2D eigenvalue weighted by Gasteiger charge is 2.28. The zero-order chi connectivity index (χ0) is 18.7. The first-order valence-electron chi connectivity index (χ1n) is 8.11. The van der Waals surface area contributed by atoms with Crippen molar-refractivity contribution in [2.45, 2.75) is 13.1 Å². The first kappa shape index (κ1) is 18.3. The largest absolute Gasteiger partial charge is 0.480 e. The van der Waals surface area contributed by atoms with E-state index in [1.165, 1.54) is 7.11 Å². The third-order valence-electron chi connectivity index (χ3n) is 4.18. The number of nitrogens with one attached hydrogen (secondary N) is 1. The second-order valence-electron chi connectivity index (χ2n) is 6.24. The predicted molar refractivity (Wildman–Crippen MR) is 94.1 cm³/mol. The lowest BCUT2D eigenvalue weighted by Gasteiger charge is -2.24. The fourth-order valence-electron chi connectivity index (χ4n) is 2.97. The van der Waals surface area contributed by atoms with Crippen molar-refractivity contribution < 1.29 is 17.9 Å². The molecule has 140 valence electrons. The average molecular weight is 379 g/mol. The van der Waals surface area contributed by atoms with Crippen LogP contribution in [0.1, 0.15) is 16.1 Å². The first-order valence-corrected chi connectivity index (χ1v) is 10.00. The molecule has 0 bridgehead atoms. The molecule has 2 aromatic heterocycles. The molecule has 1 aliphatic rings. The smallest absolute Gasteiger partial charge is 0.259 e. The Hall–Kier alpha value is -2.46. The van der Waals surface area contributed by atoms with E-state index in [4.69, 9.17) is 4.74 Å². The Morgan fingerprint density at radius 2 is 2.15 bits per heavy atom. The molecule has 0 aromatic carbocycles. The van der Waals surface area contributed by atoms with E-state index >= 15 is 0 Å².